The zero-order chi connectivity index (χ0) is 14.7. The molecule has 2 aromatic rings. The van der Waals surface area contributed by atoms with Crippen molar-refractivity contribution in [3.63, 3.8) is 0 Å². The van der Waals surface area contributed by atoms with Gasteiger partial charge in [0.05, 0.1) is 11.3 Å². The summed E-state index contributed by atoms with van der Waals surface area (Å²) in [4.78, 5) is 13.0. The minimum atomic E-state index is -0.157. The molecule has 1 N–H and O–H groups in total. The molecule has 2 heterocycles. The predicted molar refractivity (Wildman–Crippen MR) is 78.9 cm³/mol. The van der Waals surface area contributed by atoms with E-state index in [1.165, 1.54) is 23.1 Å². The Kier molecular flexibility index (Phi) is 4.42. The number of aryl methyl sites for hydroxylation is 2. The molecule has 0 aliphatic rings. The molecule has 20 heavy (non-hydrogen) atoms. The second-order valence-corrected chi connectivity index (χ2v) is 6.33. The van der Waals surface area contributed by atoms with E-state index in [0.717, 1.165) is 10.4 Å². The Morgan fingerprint density at radius 1 is 1.60 bits per heavy atom. The van der Waals surface area contributed by atoms with Crippen LogP contribution < -0.4 is 5.32 Å². The summed E-state index contributed by atoms with van der Waals surface area (Å²) in [7, 11) is 1.82. The van der Waals surface area contributed by atoms with E-state index in [-0.39, 0.29) is 11.7 Å². The highest BCUT2D eigenvalue weighted by Gasteiger charge is 2.15. The van der Waals surface area contributed by atoms with Gasteiger partial charge in [0.2, 0.25) is 5.91 Å². The number of aromatic nitrogens is 3. The molecule has 8 heteroatoms. The summed E-state index contributed by atoms with van der Waals surface area (Å²) in [6.45, 7) is 3.82. The number of hydrogen-bond acceptors (Lipinski definition) is 6. The van der Waals surface area contributed by atoms with Gasteiger partial charge in [0, 0.05) is 11.9 Å². The summed E-state index contributed by atoms with van der Waals surface area (Å²) >= 11 is 2.73. The van der Waals surface area contributed by atoms with Crippen LogP contribution in [0.25, 0.3) is 0 Å². The van der Waals surface area contributed by atoms with Gasteiger partial charge >= 0.3 is 0 Å². The topological polar surface area (TPSA) is 83.6 Å². The third-order valence-corrected chi connectivity index (χ3v) is 4.91. The van der Waals surface area contributed by atoms with E-state index < -0.39 is 0 Å². The zero-order valence-electron chi connectivity index (χ0n) is 11.3. The molecule has 1 amide bonds. The van der Waals surface area contributed by atoms with Crippen LogP contribution in [-0.2, 0) is 11.8 Å². The maximum absolute atomic E-state index is 11.9. The molecule has 6 nitrogen and oxygen atoms in total. The van der Waals surface area contributed by atoms with Gasteiger partial charge in [-0.3, -0.25) is 4.79 Å². The smallest absolute Gasteiger partial charge is 0.235 e. The highest BCUT2D eigenvalue weighted by atomic mass is 32.2. The van der Waals surface area contributed by atoms with Gasteiger partial charge in [0.1, 0.15) is 17.4 Å². The van der Waals surface area contributed by atoms with Crippen LogP contribution in [0.15, 0.2) is 11.5 Å². The fourth-order valence-electron chi connectivity index (χ4n) is 1.55. The third kappa shape index (κ3) is 3.00. The highest BCUT2D eigenvalue weighted by Crippen LogP contribution is 2.31. The van der Waals surface area contributed by atoms with Crippen molar-refractivity contribution in [2.45, 2.75) is 19.0 Å². The average molecular weight is 307 g/mol. The van der Waals surface area contributed by atoms with Gasteiger partial charge in [-0.15, -0.1) is 21.5 Å². The van der Waals surface area contributed by atoms with Gasteiger partial charge in [-0.05, 0) is 19.4 Å². The second-order valence-electron chi connectivity index (χ2n) is 4.16. The van der Waals surface area contributed by atoms with E-state index >= 15 is 0 Å². The lowest BCUT2D eigenvalue weighted by Crippen LogP contribution is -2.14. The third-order valence-electron chi connectivity index (χ3n) is 2.75. The number of carbonyl (C=O) groups excluding carboxylic acids is 1. The number of anilines is 1. The standard InChI is InChI=1S/C12H13N5OS2/c1-7-8(2)20-11(9(7)4-13)15-10(18)5-19-12-16-14-6-17(12)3/h6H,5H2,1-3H3,(H,15,18). The number of nitrogens with one attached hydrogen (secondary N) is 1. The van der Waals surface area contributed by atoms with Crippen molar-refractivity contribution in [2.24, 2.45) is 7.05 Å². The first-order chi connectivity index (χ1) is 9.52. The van der Waals surface area contributed by atoms with Crippen LogP contribution in [0, 0.1) is 25.2 Å². The Morgan fingerprint density at radius 3 is 2.95 bits per heavy atom. The minimum absolute atomic E-state index is 0.157. The molecule has 0 bridgehead atoms. The number of thioether (sulfide) groups is 1. The van der Waals surface area contributed by atoms with Gasteiger partial charge in [0.15, 0.2) is 5.16 Å². The number of amides is 1. The summed E-state index contributed by atoms with van der Waals surface area (Å²) in [5.74, 6) is 0.0728. The summed E-state index contributed by atoms with van der Waals surface area (Å²) in [6.07, 6.45) is 1.58. The van der Waals surface area contributed by atoms with E-state index in [4.69, 9.17) is 5.26 Å². The molecule has 0 aliphatic carbocycles. The van der Waals surface area contributed by atoms with Crippen molar-refractivity contribution >= 4 is 34.0 Å². The van der Waals surface area contributed by atoms with Crippen LogP contribution in [0.3, 0.4) is 0 Å². The Hall–Kier alpha value is -1.85. The molecule has 0 aromatic carbocycles. The molecule has 0 saturated heterocycles. The molecule has 2 aromatic heterocycles. The van der Waals surface area contributed by atoms with Crippen LogP contribution in [0.1, 0.15) is 16.0 Å². The van der Waals surface area contributed by atoms with Gasteiger partial charge in [-0.1, -0.05) is 11.8 Å². The fraction of sp³-hybridized carbons (Fsp3) is 0.333. The minimum Gasteiger partial charge on any atom is -0.316 e. The predicted octanol–water partition coefficient (Wildman–Crippen LogP) is 2.10. The van der Waals surface area contributed by atoms with Crippen LogP contribution in [0.4, 0.5) is 5.00 Å². The number of rotatable bonds is 4. The molecule has 0 radical (unpaired) electrons. The molecule has 0 atom stereocenters. The van der Waals surface area contributed by atoms with Gasteiger partial charge < -0.3 is 9.88 Å². The molecule has 2 rings (SSSR count). The van der Waals surface area contributed by atoms with E-state index in [9.17, 15) is 4.79 Å². The Balaban J connectivity index is 2.00. The van der Waals surface area contributed by atoms with Gasteiger partial charge in [0.25, 0.3) is 0 Å². The molecule has 0 spiro atoms. The van der Waals surface area contributed by atoms with Gasteiger partial charge in [-0.2, -0.15) is 5.26 Å². The quantitative estimate of drug-likeness (QED) is 0.874. The first-order valence-corrected chi connectivity index (χ1v) is 7.60. The second kappa shape index (κ2) is 6.07. The first kappa shape index (κ1) is 14.6. The van der Waals surface area contributed by atoms with Gasteiger partial charge in [-0.25, -0.2) is 0 Å². The lowest BCUT2D eigenvalue weighted by atomic mass is 10.2. The summed E-state index contributed by atoms with van der Waals surface area (Å²) in [5.41, 5.74) is 1.47. The highest BCUT2D eigenvalue weighted by molar-refractivity contribution is 7.99. The van der Waals surface area contributed by atoms with Crippen molar-refractivity contribution in [3.05, 3.63) is 22.3 Å². The Bertz CT molecular complexity index is 683. The normalized spacial score (nSPS) is 10.3. The van der Waals surface area contributed by atoms with Crippen LogP contribution in [-0.4, -0.2) is 26.4 Å². The SMILES string of the molecule is Cc1sc(NC(=O)CSc2nncn2C)c(C#N)c1C. The van der Waals surface area contributed by atoms with Crippen molar-refractivity contribution in [3.8, 4) is 6.07 Å². The fourth-order valence-corrected chi connectivity index (χ4v) is 3.26. The van der Waals surface area contributed by atoms with Crippen molar-refractivity contribution in [1.82, 2.24) is 14.8 Å². The average Bonchev–Trinajstić information content (AvgIpc) is 2.92. The van der Waals surface area contributed by atoms with E-state index in [0.29, 0.717) is 15.7 Å². The maximum atomic E-state index is 11.9. The lowest BCUT2D eigenvalue weighted by molar-refractivity contribution is -0.113. The van der Waals surface area contributed by atoms with Crippen LogP contribution in [0.5, 0.6) is 0 Å². The first-order valence-electron chi connectivity index (χ1n) is 5.79. The molecule has 0 saturated carbocycles. The summed E-state index contributed by atoms with van der Waals surface area (Å²) in [5, 5.41) is 20.8. The number of carbonyl (C=O) groups is 1. The molecule has 104 valence electrons. The molecule has 0 unspecified atom stereocenters. The molecule has 0 aliphatic heterocycles. The summed E-state index contributed by atoms with van der Waals surface area (Å²) < 4.78 is 1.75. The van der Waals surface area contributed by atoms with Crippen LogP contribution >= 0.6 is 23.1 Å². The Morgan fingerprint density at radius 2 is 2.35 bits per heavy atom. The number of nitriles is 1. The zero-order valence-corrected chi connectivity index (χ0v) is 12.9. The lowest BCUT2D eigenvalue weighted by Gasteiger charge is -2.03. The number of hydrogen-bond donors (Lipinski definition) is 1. The van der Waals surface area contributed by atoms with E-state index in [1.54, 1.807) is 10.9 Å². The van der Waals surface area contributed by atoms with E-state index in [1.807, 2.05) is 20.9 Å². The van der Waals surface area contributed by atoms with Crippen molar-refractivity contribution in [1.29, 1.82) is 5.26 Å². The Labute approximate surface area is 124 Å². The summed E-state index contributed by atoms with van der Waals surface area (Å²) in [6, 6.07) is 2.13. The number of nitrogens with zero attached hydrogens (tertiary/aromatic N) is 4. The van der Waals surface area contributed by atoms with E-state index in [2.05, 4.69) is 21.6 Å². The molecular formula is C12H13N5OS2. The van der Waals surface area contributed by atoms with Crippen LogP contribution in [0.2, 0.25) is 0 Å². The van der Waals surface area contributed by atoms with Crippen molar-refractivity contribution < 1.29 is 4.79 Å². The maximum Gasteiger partial charge on any atom is 0.235 e. The molecule has 0 fully saturated rings. The number of thiophene rings is 1. The molecular weight excluding hydrogens is 294 g/mol. The monoisotopic (exact) mass is 307 g/mol. The largest absolute Gasteiger partial charge is 0.316 e. The van der Waals surface area contributed by atoms with Crippen molar-refractivity contribution in [2.75, 3.05) is 11.1 Å².